The minimum Gasteiger partial charge on any atom is -0.399 e. The molecule has 5 heteroatoms. The third kappa shape index (κ3) is 3.71. The van der Waals surface area contributed by atoms with Crippen LogP contribution in [-0.4, -0.2) is 18.3 Å². The van der Waals surface area contributed by atoms with Gasteiger partial charge in [-0.05, 0) is 108 Å². The summed E-state index contributed by atoms with van der Waals surface area (Å²) in [5.41, 5.74) is 10.2. The maximum Gasteiger partial charge on any atom is 0.494 e. The molecule has 3 aliphatic rings. The van der Waals surface area contributed by atoms with Crippen LogP contribution < -0.4 is 5.46 Å². The first kappa shape index (κ1) is 26.5. The van der Waals surface area contributed by atoms with Crippen molar-refractivity contribution in [3.05, 3.63) is 137 Å². The Kier molecular flexibility index (Phi) is 5.69. The lowest BCUT2D eigenvalue weighted by molar-refractivity contribution is 0.00578. The molecule has 1 saturated heterocycles. The number of nitrogens with zero attached hydrogens (tertiary/aromatic N) is 1. The molecule has 1 fully saturated rings. The van der Waals surface area contributed by atoms with E-state index in [1.807, 2.05) is 36.0 Å². The molecule has 0 saturated carbocycles. The monoisotopic (exact) mass is 575 g/mol. The highest BCUT2D eigenvalue weighted by atomic mass is 32.2. The van der Waals surface area contributed by atoms with Crippen LogP contribution in [0.1, 0.15) is 55.5 Å². The summed E-state index contributed by atoms with van der Waals surface area (Å²) in [4.78, 5) is 2.54. The molecule has 1 spiro atoms. The summed E-state index contributed by atoms with van der Waals surface area (Å²) >= 11 is 1.85. The van der Waals surface area contributed by atoms with Gasteiger partial charge in [-0.1, -0.05) is 90.6 Å². The molecule has 0 bridgehead atoms. The van der Waals surface area contributed by atoms with Crippen LogP contribution in [0.5, 0.6) is 0 Å². The predicted molar refractivity (Wildman–Crippen MR) is 174 cm³/mol. The van der Waals surface area contributed by atoms with Crippen LogP contribution >= 0.6 is 11.8 Å². The molecule has 0 atom stereocenters. The first-order chi connectivity index (χ1) is 20.7. The van der Waals surface area contributed by atoms with Gasteiger partial charge in [0.1, 0.15) is 0 Å². The highest BCUT2D eigenvalue weighted by molar-refractivity contribution is 7.99. The lowest BCUT2D eigenvalue weighted by Crippen LogP contribution is -2.41. The van der Waals surface area contributed by atoms with Gasteiger partial charge in [-0.2, -0.15) is 5.26 Å². The summed E-state index contributed by atoms with van der Waals surface area (Å²) in [5.74, 6) is 0. The third-order valence-corrected chi connectivity index (χ3v) is 11.0. The Labute approximate surface area is 257 Å². The van der Waals surface area contributed by atoms with Crippen LogP contribution in [0.25, 0.3) is 22.3 Å². The van der Waals surface area contributed by atoms with Crippen molar-refractivity contribution in [2.24, 2.45) is 0 Å². The van der Waals surface area contributed by atoms with E-state index in [4.69, 9.17) is 9.31 Å². The molecule has 43 heavy (non-hydrogen) atoms. The quantitative estimate of drug-likeness (QED) is 0.194. The first-order valence-corrected chi connectivity index (χ1v) is 15.6. The number of fused-ring (bicyclic) bond motifs is 9. The molecule has 0 unspecified atom stereocenters. The van der Waals surface area contributed by atoms with Gasteiger partial charge in [0, 0.05) is 9.79 Å². The average Bonchev–Trinajstić information content (AvgIpc) is 3.43. The van der Waals surface area contributed by atoms with E-state index in [2.05, 4.69) is 119 Å². The molecule has 0 aromatic heterocycles. The Morgan fingerprint density at radius 3 is 1.74 bits per heavy atom. The number of hydrogen-bond acceptors (Lipinski definition) is 4. The van der Waals surface area contributed by atoms with Gasteiger partial charge in [0.15, 0.2) is 0 Å². The molecule has 0 radical (unpaired) electrons. The van der Waals surface area contributed by atoms with Gasteiger partial charge in [0.25, 0.3) is 0 Å². The molecule has 0 N–H and O–H groups in total. The molecular formula is C38H30BNO2S. The molecule has 208 valence electrons. The van der Waals surface area contributed by atoms with Crippen molar-refractivity contribution in [3.63, 3.8) is 0 Å². The lowest BCUT2D eigenvalue weighted by Gasteiger charge is -2.40. The van der Waals surface area contributed by atoms with Gasteiger partial charge in [-0.3, -0.25) is 0 Å². The van der Waals surface area contributed by atoms with Crippen molar-refractivity contribution >= 4 is 24.3 Å². The van der Waals surface area contributed by atoms with Gasteiger partial charge in [0.05, 0.1) is 28.2 Å². The van der Waals surface area contributed by atoms with E-state index < -0.39 is 23.7 Å². The standard InChI is InChI=1S/C38H30BNO2S/c1-36(2)37(3,4)42-39(41-36)27-18-20-29-28-19-17-26(25-15-13-24(23-40)14-16-25)21-32(28)38(33(29)22-27)30-9-5-7-11-34(30)43-35-12-8-6-10-31(35)38/h5-22H,1-4H3. The van der Waals surface area contributed by atoms with Crippen LogP contribution in [0.4, 0.5) is 0 Å². The zero-order valence-electron chi connectivity index (χ0n) is 24.6. The summed E-state index contributed by atoms with van der Waals surface area (Å²) in [6.45, 7) is 8.42. The summed E-state index contributed by atoms with van der Waals surface area (Å²) in [5, 5.41) is 9.37. The summed E-state index contributed by atoms with van der Waals surface area (Å²) in [7, 11) is -0.450. The second-order valence-corrected chi connectivity index (χ2v) is 13.8. The average molecular weight is 576 g/mol. The Hall–Kier alpha value is -4.08. The Morgan fingerprint density at radius 2 is 1.14 bits per heavy atom. The van der Waals surface area contributed by atoms with E-state index in [9.17, 15) is 5.26 Å². The van der Waals surface area contributed by atoms with E-state index in [0.717, 1.165) is 16.6 Å². The van der Waals surface area contributed by atoms with Gasteiger partial charge < -0.3 is 9.31 Å². The van der Waals surface area contributed by atoms with E-state index in [1.165, 1.54) is 43.2 Å². The van der Waals surface area contributed by atoms with E-state index in [-0.39, 0.29) is 0 Å². The molecule has 2 aliphatic heterocycles. The zero-order valence-corrected chi connectivity index (χ0v) is 25.5. The number of hydrogen-bond donors (Lipinski definition) is 0. The fraction of sp³-hybridized carbons (Fsp3) is 0.184. The molecular weight excluding hydrogens is 545 g/mol. The first-order valence-electron chi connectivity index (χ1n) is 14.8. The van der Waals surface area contributed by atoms with E-state index >= 15 is 0 Å². The van der Waals surface area contributed by atoms with Crippen LogP contribution in [0.3, 0.4) is 0 Å². The number of benzene rings is 5. The molecule has 1 aliphatic carbocycles. The van der Waals surface area contributed by atoms with Gasteiger partial charge >= 0.3 is 7.12 Å². The van der Waals surface area contributed by atoms with Crippen molar-refractivity contribution in [2.75, 3.05) is 0 Å². The highest BCUT2D eigenvalue weighted by Crippen LogP contribution is 2.62. The Bertz CT molecular complexity index is 1930. The fourth-order valence-corrected chi connectivity index (χ4v) is 8.15. The predicted octanol–water partition coefficient (Wildman–Crippen LogP) is 8.35. The lowest BCUT2D eigenvalue weighted by atomic mass is 9.65. The van der Waals surface area contributed by atoms with Crippen molar-refractivity contribution in [3.8, 4) is 28.3 Å². The van der Waals surface area contributed by atoms with Gasteiger partial charge in [0.2, 0.25) is 0 Å². The minimum atomic E-state index is -0.509. The van der Waals surface area contributed by atoms with Crippen molar-refractivity contribution in [1.82, 2.24) is 0 Å². The highest BCUT2D eigenvalue weighted by Gasteiger charge is 2.54. The van der Waals surface area contributed by atoms with Crippen molar-refractivity contribution < 1.29 is 9.31 Å². The zero-order chi connectivity index (χ0) is 29.6. The van der Waals surface area contributed by atoms with E-state index in [1.54, 1.807) is 0 Å². The van der Waals surface area contributed by atoms with Crippen LogP contribution in [0, 0.1) is 11.3 Å². The minimum absolute atomic E-state index is 0.423. The molecule has 5 aromatic carbocycles. The fourth-order valence-electron chi connectivity index (χ4n) is 6.96. The van der Waals surface area contributed by atoms with Crippen LogP contribution in [0.15, 0.2) is 119 Å². The Balaban J connectivity index is 1.41. The van der Waals surface area contributed by atoms with Crippen LogP contribution in [0.2, 0.25) is 0 Å². The molecule has 2 heterocycles. The summed E-state index contributed by atoms with van der Waals surface area (Å²) < 4.78 is 13.1. The van der Waals surface area contributed by atoms with Crippen molar-refractivity contribution in [2.45, 2.75) is 54.1 Å². The number of nitriles is 1. The maximum absolute atomic E-state index is 9.37. The maximum atomic E-state index is 9.37. The summed E-state index contributed by atoms with van der Waals surface area (Å²) in [6, 6.07) is 41.4. The SMILES string of the molecule is CC1(C)OB(c2ccc3c(c2)C2(c4ccccc4Sc4ccccc42)c2cc(-c4ccc(C#N)cc4)ccc2-3)OC1(C)C. The van der Waals surface area contributed by atoms with Gasteiger partial charge in [-0.15, -0.1) is 0 Å². The second kappa shape index (κ2) is 9.21. The topological polar surface area (TPSA) is 42.2 Å². The Morgan fingerprint density at radius 1 is 0.605 bits per heavy atom. The number of rotatable bonds is 2. The molecule has 8 rings (SSSR count). The molecule has 5 aromatic rings. The summed E-state index contributed by atoms with van der Waals surface area (Å²) in [6.07, 6.45) is 0. The second-order valence-electron chi connectivity index (χ2n) is 12.7. The van der Waals surface area contributed by atoms with Crippen LogP contribution in [-0.2, 0) is 14.7 Å². The molecule has 3 nitrogen and oxygen atoms in total. The van der Waals surface area contributed by atoms with Crippen molar-refractivity contribution in [1.29, 1.82) is 5.26 Å². The van der Waals surface area contributed by atoms with E-state index in [0.29, 0.717) is 5.56 Å². The largest absolute Gasteiger partial charge is 0.494 e. The normalized spacial score (nSPS) is 18.0. The van der Waals surface area contributed by atoms with Gasteiger partial charge in [-0.25, -0.2) is 0 Å². The smallest absolute Gasteiger partial charge is 0.399 e. The third-order valence-electron chi connectivity index (χ3n) is 9.84. The molecule has 0 amide bonds.